The molecular formula is C14H22N2O5S. The van der Waals surface area contributed by atoms with Gasteiger partial charge in [-0.2, -0.15) is 4.31 Å². The van der Waals surface area contributed by atoms with Crippen molar-refractivity contribution >= 4 is 16.0 Å². The van der Waals surface area contributed by atoms with Crippen LogP contribution in [0.5, 0.6) is 0 Å². The summed E-state index contributed by atoms with van der Waals surface area (Å²) in [4.78, 5) is 11.6. The summed E-state index contributed by atoms with van der Waals surface area (Å²) in [5.41, 5.74) is 0.143. The molecule has 0 bridgehead atoms. The fraction of sp³-hybridized carbons (Fsp3) is 0.643. The Labute approximate surface area is 130 Å². The predicted octanol–water partition coefficient (Wildman–Crippen LogP) is 0.995. The van der Waals surface area contributed by atoms with Gasteiger partial charge >= 0.3 is 5.97 Å². The smallest absolute Gasteiger partial charge is 0.341 e. The van der Waals surface area contributed by atoms with Gasteiger partial charge in [-0.05, 0) is 39.3 Å². The third-order valence-electron chi connectivity index (χ3n) is 3.87. The second-order valence-electron chi connectivity index (χ2n) is 5.46. The summed E-state index contributed by atoms with van der Waals surface area (Å²) in [6, 6.07) is 1.25. The molecule has 0 spiro atoms. The number of hydrogen-bond donors (Lipinski definition) is 1. The molecule has 0 amide bonds. The number of aryl methyl sites for hydroxylation is 1. The van der Waals surface area contributed by atoms with Crippen molar-refractivity contribution in [2.75, 3.05) is 33.8 Å². The zero-order chi connectivity index (χ0) is 16.3. The Balaban J connectivity index is 2.25. The number of methoxy groups -OCH3 is 1. The van der Waals surface area contributed by atoms with Crippen molar-refractivity contribution in [3.05, 3.63) is 17.4 Å². The lowest BCUT2D eigenvalue weighted by Gasteiger charge is -2.31. The quantitative estimate of drug-likeness (QED) is 0.810. The molecule has 2 heterocycles. The number of hydrogen-bond acceptors (Lipinski definition) is 6. The lowest BCUT2D eigenvalue weighted by atomic mass is 10.00. The summed E-state index contributed by atoms with van der Waals surface area (Å²) >= 11 is 0. The number of carbonyl (C=O) groups excluding carboxylic acids is 1. The van der Waals surface area contributed by atoms with E-state index in [2.05, 4.69) is 10.1 Å². The van der Waals surface area contributed by atoms with Crippen molar-refractivity contribution in [2.45, 2.75) is 24.9 Å². The van der Waals surface area contributed by atoms with Crippen molar-refractivity contribution in [1.82, 2.24) is 9.62 Å². The van der Waals surface area contributed by atoms with E-state index in [9.17, 15) is 13.2 Å². The molecule has 0 aliphatic carbocycles. The van der Waals surface area contributed by atoms with E-state index in [0.717, 1.165) is 19.4 Å². The van der Waals surface area contributed by atoms with Gasteiger partial charge in [0.25, 0.3) is 10.0 Å². The first kappa shape index (κ1) is 17.0. The maximum atomic E-state index is 12.7. The lowest BCUT2D eigenvalue weighted by Crippen LogP contribution is -2.42. The maximum Gasteiger partial charge on any atom is 0.341 e. The molecule has 0 saturated carbocycles. The number of nitrogens with zero attached hydrogens (tertiary/aromatic N) is 1. The Morgan fingerprint density at radius 3 is 2.91 bits per heavy atom. The van der Waals surface area contributed by atoms with Gasteiger partial charge in [0.15, 0.2) is 0 Å². The third-order valence-corrected chi connectivity index (χ3v) is 5.59. The number of furan rings is 1. The van der Waals surface area contributed by atoms with Gasteiger partial charge in [0.1, 0.15) is 11.3 Å². The van der Waals surface area contributed by atoms with Crippen molar-refractivity contribution in [2.24, 2.45) is 5.92 Å². The van der Waals surface area contributed by atoms with Crippen LogP contribution in [0.1, 0.15) is 29.0 Å². The molecule has 1 unspecified atom stereocenters. The van der Waals surface area contributed by atoms with Crippen LogP contribution in [0, 0.1) is 12.8 Å². The van der Waals surface area contributed by atoms with Crippen molar-refractivity contribution < 1.29 is 22.4 Å². The van der Waals surface area contributed by atoms with Crippen LogP contribution >= 0.6 is 0 Å². The average Bonchev–Trinajstić information content (AvgIpc) is 2.90. The van der Waals surface area contributed by atoms with E-state index in [1.807, 2.05) is 7.05 Å². The number of sulfonamides is 1. The van der Waals surface area contributed by atoms with Gasteiger partial charge in [0, 0.05) is 19.2 Å². The Morgan fingerprint density at radius 2 is 2.27 bits per heavy atom. The van der Waals surface area contributed by atoms with Gasteiger partial charge in [-0.15, -0.1) is 0 Å². The van der Waals surface area contributed by atoms with Crippen LogP contribution in [-0.2, 0) is 14.8 Å². The fourth-order valence-corrected chi connectivity index (χ4v) is 4.25. The molecule has 1 aliphatic rings. The van der Waals surface area contributed by atoms with Crippen LogP contribution in [0.25, 0.3) is 0 Å². The standard InChI is InChI=1S/C14H22N2O5S/c1-10-12(14(17)20-3)7-13(21-10)22(18,19)16-6-4-5-11(9-16)8-15-2/h7,11,15H,4-6,8-9H2,1-3H3. The second-order valence-corrected chi connectivity index (χ2v) is 7.32. The van der Waals surface area contributed by atoms with E-state index in [-0.39, 0.29) is 22.3 Å². The first-order chi connectivity index (χ1) is 10.4. The van der Waals surface area contributed by atoms with Gasteiger partial charge in [-0.1, -0.05) is 0 Å². The molecule has 1 aromatic heterocycles. The zero-order valence-corrected chi connectivity index (χ0v) is 13.9. The molecule has 22 heavy (non-hydrogen) atoms. The highest BCUT2D eigenvalue weighted by Crippen LogP contribution is 2.26. The minimum absolute atomic E-state index is 0.143. The predicted molar refractivity (Wildman–Crippen MR) is 80.2 cm³/mol. The Bertz CT molecular complexity index is 636. The van der Waals surface area contributed by atoms with Gasteiger partial charge in [0.2, 0.25) is 5.09 Å². The summed E-state index contributed by atoms with van der Waals surface area (Å²) < 4.78 is 36.7. The van der Waals surface area contributed by atoms with Gasteiger partial charge < -0.3 is 14.5 Å². The summed E-state index contributed by atoms with van der Waals surface area (Å²) in [6.45, 7) is 3.24. The van der Waals surface area contributed by atoms with Crippen LogP contribution < -0.4 is 5.32 Å². The van der Waals surface area contributed by atoms with E-state index >= 15 is 0 Å². The minimum Gasteiger partial charge on any atom is -0.465 e. The minimum atomic E-state index is -3.73. The van der Waals surface area contributed by atoms with E-state index in [0.29, 0.717) is 13.1 Å². The second kappa shape index (κ2) is 6.80. The molecule has 1 aromatic rings. The monoisotopic (exact) mass is 330 g/mol. The van der Waals surface area contributed by atoms with E-state index in [1.54, 1.807) is 6.92 Å². The average molecular weight is 330 g/mol. The van der Waals surface area contributed by atoms with Gasteiger partial charge in [-0.25, -0.2) is 13.2 Å². The molecule has 0 aromatic carbocycles. The highest BCUT2D eigenvalue weighted by atomic mass is 32.2. The Kier molecular flexibility index (Phi) is 5.25. The highest BCUT2D eigenvalue weighted by molar-refractivity contribution is 7.89. The number of piperidine rings is 1. The van der Waals surface area contributed by atoms with Crippen LogP contribution in [0.2, 0.25) is 0 Å². The highest BCUT2D eigenvalue weighted by Gasteiger charge is 2.33. The molecule has 1 atom stereocenters. The first-order valence-corrected chi connectivity index (χ1v) is 8.67. The van der Waals surface area contributed by atoms with E-state index in [1.165, 1.54) is 17.5 Å². The molecular weight excluding hydrogens is 308 g/mol. The van der Waals surface area contributed by atoms with Crippen LogP contribution in [-0.4, -0.2) is 52.5 Å². The summed E-state index contributed by atoms with van der Waals surface area (Å²) in [5.74, 6) is -0.0757. The molecule has 1 N–H and O–H groups in total. The Morgan fingerprint density at radius 1 is 1.55 bits per heavy atom. The normalized spacial score (nSPS) is 20.0. The molecule has 1 fully saturated rings. The number of nitrogens with one attached hydrogen (secondary N) is 1. The fourth-order valence-electron chi connectivity index (χ4n) is 2.72. The molecule has 2 rings (SSSR count). The summed E-state index contributed by atoms with van der Waals surface area (Å²) in [5, 5.41) is 2.88. The van der Waals surface area contributed by atoms with Crippen LogP contribution in [0.4, 0.5) is 0 Å². The van der Waals surface area contributed by atoms with Crippen molar-refractivity contribution in [1.29, 1.82) is 0 Å². The van der Waals surface area contributed by atoms with Gasteiger partial charge in [0.05, 0.1) is 7.11 Å². The lowest BCUT2D eigenvalue weighted by molar-refractivity contribution is 0.0599. The molecule has 124 valence electrons. The van der Waals surface area contributed by atoms with Crippen LogP contribution in [0.3, 0.4) is 0 Å². The third kappa shape index (κ3) is 3.34. The summed E-state index contributed by atoms with van der Waals surface area (Å²) in [6.07, 6.45) is 1.81. The topological polar surface area (TPSA) is 88.9 Å². The van der Waals surface area contributed by atoms with E-state index < -0.39 is 16.0 Å². The summed E-state index contributed by atoms with van der Waals surface area (Å²) in [7, 11) is -0.626. The largest absolute Gasteiger partial charge is 0.465 e. The number of ether oxygens (including phenoxy) is 1. The molecule has 1 aliphatic heterocycles. The number of esters is 1. The van der Waals surface area contributed by atoms with Crippen molar-refractivity contribution in [3.8, 4) is 0 Å². The molecule has 7 nitrogen and oxygen atoms in total. The maximum absolute atomic E-state index is 12.7. The first-order valence-electron chi connectivity index (χ1n) is 7.23. The molecule has 8 heteroatoms. The Hall–Kier alpha value is -1.38. The molecule has 1 saturated heterocycles. The van der Waals surface area contributed by atoms with Crippen molar-refractivity contribution in [3.63, 3.8) is 0 Å². The molecule has 0 radical (unpaired) electrons. The zero-order valence-electron chi connectivity index (χ0n) is 13.1. The number of rotatable bonds is 5. The number of carbonyl (C=O) groups is 1. The van der Waals surface area contributed by atoms with Gasteiger partial charge in [-0.3, -0.25) is 0 Å². The van der Waals surface area contributed by atoms with Crippen LogP contribution in [0.15, 0.2) is 15.6 Å². The SMILES string of the molecule is CNCC1CCCN(S(=O)(=O)c2cc(C(=O)OC)c(C)o2)C1. The van der Waals surface area contributed by atoms with E-state index in [4.69, 9.17) is 4.42 Å².